The van der Waals surface area contributed by atoms with Crippen molar-refractivity contribution in [2.24, 2.45) is 0 Å². The van der Waals surface area contributed by atoms with Crippen LogP contribution < -0.4 is 0 Å². The molecule has 3 heterocycles. The normalized spacial score (nSPS) is 21.1. The van der Waals surface area contributed by atoms with E-state index in [1.54, 1.807) is 0 Å². The average Bonchev–Trinajstić information content (AvgIpc) is 2.96. The monoisotopic (exact) mass is 315 g/mol. The first-order chi connectivity index (χ1) is 11.2. The van der Waals surface area contributed by atoms with Gasteiger partial charge in [0, 0.05) is 31.6 Å². The van der Waals surface area contributed by atoms with Crippen LogP contribution in [0, 0.1) is 6.92 Å². The van der Waals surface area contributed by atoms with Gasteiger partial charge in [-0.2, -0.15) is 10.1 Å². The van der Waals surface area contributed by atoms with Gasteiger partial charge in [-0.05, 0) is 38.2 Å². The molecule has 2 fully saturated rings. The lowest BCUT2D eigenvalue weighted by Gasteiger charge is -2.22. The van der Waals surface area contributed by atoms with Gasteiger partial charge in [0.05, 0.1) is 12.2 Å². The van der Waals surface area contributed by atoms with Gasteiger partial charge < -0.3 is 9.42 Å². The van der Waals surface area contributed by atoms with Gasteiger partial charge in [0.1, 0.15) is 0 Å². The zero-order valence-corrected chi connectivity index (χ0v) is 13.3. The standard InChI is InChI=1S/C16H21N5O2/c1-11-9-17-20(10-11)8-6-14(22)21-7-2-3-13(21)15-18-16(23-19-15)12-4-5-12/h9-10,12-13H,2-8H2,1H3/t13-/m1/s1. The SMILES string of the molecule is Cc1cnn(CCC(=O)N2CCC[C@@H]2c2noc(C3CC3)n2)c1. The van der Waals surface area contributed by atoms with E-state index in [0.717, 1.165) is 43.7 Å². The summed E-state index contributed by atoms with van der Waals surface area (Å²) in [7, 11) is 0. The third-order valence-corrected chi connectivity index (χ3v) is 4.57. The lowest BCUT2D eigenvalue weighted by molar-refractivity contribution is -0.132. The number of carbonyl (C=O) groups excluding carboxylic acids is 1. The lowest BCUT2D eigenvalue weighted by Crippen LogP contribution is -2.31. The Morgan fingerprint density at radius 1 is 1.39 bits per heavy atom. The molecule has 0 unspecified atom stereocenters. The fraction of sp³-hybridized carbons (Fsp3) is 0.625. The fourth-order valence-corrected chi connectivity index (χ4v) is 3.16. The van der Waals surface area contributed by atoms with Gasteiger partial charge in [0.2, 0.25) is 11.8 Å². The molecule has 0 aromatic carbocycles. The maximum absolute atomic E-state index is 12.6. The number of amides is 1. The first-order valence-corrected chi connectivity index (χ1v) is 8.33. The van der Waals surface area contributed by atoms with Crippen molar-refractivity contribution < 1.29 is 9.32 Å². The lowest BCUT2D eigenvalue weighted by atomic mass is 10.2. The van der Waals surface area contributed by atoms with Crippen molar-refractivity contribution in [3.8, 4) is 0 Å². The predicted molar refractivity (Wildman–Crippen MR) is 81.5 cm³/mol. The molecule has 4 rings (SSSR count). The molecule has 0 spiro atoms. The number of likely N-dealkylation sites (tertiary alicyclic amines) is 1. The number of aryl methyl sites for hydroxylation is 2. The van der Waals surface area contributed by atoms with E-state index < -0.39 is 0 Å². The third kappa shape index (κ3) is 3.00. The maximum atomic E-state index is 12.6. The summed E-state index contributed by atoms with van der Waals surface area (Å²) in [4.78, 5) is 19.0. The van der Waals surface area contributed by atoms with E-state index in [0.29, 0.717) is 24.7 Å². The third-order valence-electron chi connectivity index (χ3n) is 4.57. The van der Waals surface area contributed by atoms with E-state index in [9.17, 15) is 4.79 Å². The Hall–Kier alpha value is -2.18. The molecule has 7 heteroatoms. The van der Waals surface area contributed by atoms with E-state index in [-0.39, 0.29) is 11.9 Å². The average molecular weight is 315 g/mol. The highest BCUT2D eigenvalue weighted by Crippen LogP contribution is 2.40. The largest absolute Gasteiger partial charge is 0.339 e. The van der Waals surface area contributed by atoms with Crippen molar-refractivity contribution in [3.63, 3.8) is 0 Å². The van der Waals surface area contributed by atoms with E-state index >= 15 is 0 Å². The topological polar surface area (TPSA) is 77.0 Å². The highest BCUT2D eigenvalue weighted by Gasteiger charge is 2.35. The van der Waals surface area contributed by atoms with Gasteiger partial charge in [-0.25, -0.2) is 0 Å². The van der Waals surface area contributed by atoms with Gasteiger partial charge in [-0.15, -0.1) is 0 Å². The Balaban J connectivity index is 1.40. The van der Waals surface area contributed by atoms with Crippen LogP contribution in [0.15, 0.2) is 16.9 Å². The Bertz CT molecular complexity index is 703. The number of hydrogen-bond donors (Lipinski definition) is 0. The summed E-state index contributed by atoms with van der Waals surface area (Å²) in [5.41, 5.74) is 1.11. The molecule has 1 amide bonds. The first-order valence-electron chi connectivity index (χ1n) is 8.33. The highest BCUT2D eigenvalue weighted by atomic mass is 16.5. The molecule has 23 heavy (non-hydrogen) atoms. The van der Waals surface area contributed by atoms with Gasteiger partial charge in [0.25, 0.3) is 0 Å². The van der Waals surface area contributed by atoms with Crippen molar-refractivity contribution in [2.45, 2.75) is 57.5 Å². The molecule has 7 nitrogen and oxygen atoms in total. The molecule has 122 valence electrons. The van der Waals surface area contributed by atoms with E-state index in [1.165, 1.54) is 0 Å². The highest BCUT2D eigenvalue weighted by molar-refractivity contribution is 5.76. The van der Waals surface area contributed by atoms with E-state index in [4.69, 9.17) is 4.52 Å². The zero-order valence-electron chi connectivity index (χ0n) is 13.3. The first kappa shape index (κ1) is 14.4. The van der Waals surface area contributed by atoms with Gasteiger partial charge in [-0.3, -0.25) is 9.48 Å². The zero-order chi connectivity index (χ0) is 15.8. The summed E-state index contributed by atoms with van der Waals surface area (Å²) in [5.74, 6) is 2.00. The van der Waals surface area contributed by atoms with Crippen LogP contribution >= 0.6 is 0 Å². The maximum Gasteiger partial charge on any atom is 0.229 e. The van der Waals surface area contributed by atoms with Crippen LogP contribution in [0.3, 0.4) is 0 Å². The van der Waals surface area contributed by atoms with Crippen LogP contribution in [0.2, 0.25) is 0 Å². The van der Waals surface area contributed by atoms with Crippen LogP contribution in [0.5, 0.6) is 0 Å². The van der Waals surface area contributed by atoms with Crippen molar-refractivity contribution in [2.75, 3.05) is 6.54 Å². The summed E-state index contributed by atoms with van der Waals surface area (Å²) < 4.78 is 7.17. The molecule has 1 saturated heterocycles. The van der Waals surface area contributed by atoms with Crippen LogP contribution in [-0.4, -0.2) is 37.3 Å². The molecule has 0 N–H and O–H groups in total. The second-order valence-corrected chi connectivity index (χ2v) is 6.54. The van der Waals surface area contributed by atoms with Crippen molar-refractivity contribution in [3.05, 3.63) is 29.7 Å². The molecule has 1 aliphatic carbocycles. The summed E-state index contributed by atoms with van der Waals surface area (Å²) in [6.45, 7) is 3.37. The number of rotatable bonds is 5. The molecule has 1 aliphatic heterocycles. The van der Waals surface area contributed by atoms with Gasteiger partial charge >= 0.3 is 0 Å². The summed E-state index contributed by atoms with van der Waals surface area (Å²) in [6.07, 6.45) is 8.39. The van der Waals surface area contributed by atoms with Gasteiger partial charge in [-0.1, -0.05) is 5.16 Å². The fourth-order valence-electron chi connectivity index (χ4n) is 3.16. The van der Waals surface area contributed by atoms with Crippen LogP contribution in [-0.2, 0) is 11.3 Å². The quantitative estimate of drug-likeness (QED) is 0.845. The molecule has 0 bridgehead atoms. The number of carbonyl (C=O) groups is 1. The summed E-state index contributed by atoms with van der Waals surface area (Å²) in [6, 6.07) is -0.0295. The van der Waals surface area contributed by atoms with Crippen molar-refractivity contribution in [1.29, 1.82) is 0 Å². The Labute approximate surface area is 134 Å². The van der Waals surface area contributed by atoms with Gasteiger partial charge in [0.15, 0.2) is 5.82 Å². The Kier molecular flexibility index (Phi) is 3.63. The Morgan fingerprint density at radius 2 is 2.26 bits per heavy atom. The van der Waals surface area contributed by atoms with Crippen molar-refractivity contribution >= 4 is 5.91 Å². The van der Waals surface area contributed by atoms with Crippen molar-refractivity contribution in [1.82, 2.24) is 24.8 Å². The van der Waals surface area contributed by atoms with E-state index in [1.807, 2.05) is 28.9 Å². The molecule has 1 atom stereocenters. The molecular formula is C16H21N5O2. The molecular weight excluding hydrogens is 294 g/mol. The summed E-state index contributed by atoms with van der Waals surface area (Å²) in [5, 5.41) is 8.34. The molecule has 2 aromatic heterocycles. The molecule has 2 aromatic rings. The second kappa shape index (κ2) is 5.79. The van der Waals surface area contributed by atoms with Crippen LogP contribution in [0.4, 0.5) is 0 Å². The minimum absolute atomic E-state index is 0.0295. The van der Waals surface area contributed by atoms with Crippen LogP contribution in [0.1, 0.15) is 61.3 Å². The van der Waals surface area contributed by atoms with E-state index in [2.05, 4.69) is 15.2 Å². The smallest absolute Gasteiger partial charge is 0.229 e. The molecule has 2 aliphatic rings. The Morgan fingerprint density at radius 3 is 3.00 bits per heavy atom. The molecule has 0 radical (unpaired) electrons. The second-order valence-electron chi connectivity index (χ2n) is 6.54. The predicted octanol–water partition coefficient (Wildman–Crippen LogP) is 2.21. The number of hydrogen-bond acceptors (Lipinski definition) is 5. The summed E-state index contributed by atoms with van der Waals surface area (Å²) >= 11 is 0. The minimum atomic E-state index is -0.0295. The molecule has 1 saturated carbocycles. The van der Waals surface area contributed by atoms with Crippen LogP contribution in [0.25, 0.3) is 0 Å². The number of nitrogens with zero attached hydrogens (tertiary/aromatic N) is 5. The minimum Gasteiger partial charge on any atom is -0.339 e. The number of aromatic nitrogens is 4.